The van der Waals surface area contributed by atoms with E-state index in [4.69, 9.17) is 17.3 Å². The van der Waals surface area contributed by atoms with Gasteiger partial charge in [0.25, 0.3) is 0 Å². The second-order valence-electron chi connectivity index (χ2n) is 4.94. The Morgan fingerprint density at radius 2 is 2.10 bits per heavy atom. The minimum absolute atomic E-state index is 0.0636. The highest BCUT2D eigenvalue weighted by atomic mass is 35.5. The minimum atomic E-state index is -0.568. The Bertz CT molecular complexity index is 660. The normalized spacial score (nSPS) is 12.0. The van der Waals surface area contributed by atoms with Crippen molar-refractivity contribution in [3.63, 3.8) is 0 Å². The first-order valence-corrected chi connectivity index (χ1v) is 6.94. The molecule has 1 unspecified atom stereocenters. The van der Waals surface area contributed by atoms with Crippen LogP contribution in [0.5, 0.6) is 0 Å². The zero-order valence-corrected chi connectivity index (χ0v) is 12.3. The number of hydrogen-bond donors (Lipinski definition) is 2. The topological polar surface area (TPSA) is 55.1 Å². The molecule has 0 radical (unpaired) electrons. The predicted molar refractivity (Wildman–Crippen MR) is 83.2 cm³/mol. The van der Waals surface area contributed by atoms with Gasteiger partial charge < -0.3 is 11.1 Å². The van der Waals surface area contributed by atoms with Crippen molar-refractivity contribution in [1.29, 1.82) is 0 Å². The summed E-state index contributed by atoms with van der Waals surface area (Å²) in [6.07, 6.45) is 0.659. The van der Waals surface area contributed by atoms with Gasteiger partial charge in [-0.1, -0.05) is 23.7 Å². The van der Waals surface area contributed by atoms with Gasteiger partial charge in [0.2, 0.25) is 5.91 Å². The highest BCUT2D eigenvalue weighted by molar-refractivity contribution is 6.33. The molecule has 0 saturated carbocycles. The number of benzene rings is 2. The van der Waals surface area contributed by atoms with Gasteiger partial charge in [0.1, 0.15) is 5.82 Å². The van der Waals surface area contributed by atoms with Gasteiger partial charge in [-0.25, -0.2) is 4.39 Å². The van der Waals surface area contributed by atoms with Gasteiger partial charge in [-0.3, -0.25) is 4.79 Å². The fourth-order valence-corrected chi connectivity index (χ4v) is 2.37. The maximum absolute atomic E-state index is 13.1. The molecule has 3 N–H and O–H groups in total. The van der Waals surface area contributed by atoms with Crippen LogP contribution in [0.2, 0.25) is 5.02 Å². The van der Waals surface area contributed by atoms with Gasteiger partial charge in [0, 0.05) is 11.7 Å². The molecule has 5 heteroatoms. The molecule has 0 aliphatic rings. The second-order valence-corrected chi connectivity index (χ2v) is 5.35. The molecule has 1 atom stereocenters. The third-order valence-electron chi connectivity index (χ3n) is 3.08. The number of amides is 1. The van der Waals surface area contributed by atoms with Gasteiger partial charge >= 0.3 is 0 Å². The fourth-order valence-electron chi connectivity index (χ4n) is 2.16. The number of carbonyl (C=O) groups is 1. The zero-order chi connectivity index (χ0) is 15.4. The van der Waals surface area contributed by atoms with Crippen LogP contribution in [0, 0.1) is 5.82 Å². The van der Waals surface area contributed by atoms with Gasteiger partial charge in [0.05, 0.1) is 10.6 Å². The van der Waals surface area contributed by atoms with E-state index in [0.717, 1.165) is 11.3 Å². The first-order chi connectivity index (χ1) is 9.95. The molecule has 2 aromatic carbocycles. The van der Waals surface area contributed by atoms with Crippen LogP contribution in [0.3, 0.4) is 0 Å². The molecule has 0 aliphatic carbocycles. The van der Waals surface area contributed by atoms with Crippen molar-refractivity contribution in [1.82, 2.24) is 0 Å². The predicted octanol–water partition coefficient (Wildman–Crippen LogP) is 3.62. The minimum Gasteiger partial charge on any atom is -0.382 e. The van der Waals surface area contributed by atoms with Crippen LogP contribution in [0.25, 0.3) is 0 Å². The summed E-state index contributed by atoms with van der Waals surface area (Å²) in [5, 5.41) is 3.57. The van der Waals surface area contributed by atoms with E-state index in [-0.39, 0.29) is 17.4 Å². The Morgan fingerprint density at radius 3 is 2.76 bits per heavy atom. The number of primary amides is 1. The molecule has 0 aliphatic heterocycles. The molecule has 2 aromatic rings. The lowest BCUT2D eigenvalue weighted by molar-refractivity contribution is 0.100. The molecule has 3 nitrogen and oxygen atoms in total. The summed E-state index contributed by atoms with van der Waals surface area (Å²) in [5.74, 6) is -0.816. The van der Waals surface area contributed by atoms with Gasteiger partial charge in [0.15, 0.2) is 0 Å². The lowest BCUT2D eigenvalue weighted by Crippen LogP contribution is -2.19. The van der Waals surface area contributed by atoms with Crippen LogP contribution in [-0.4, -0.2) is 11.9 Å². The largest absolute Gasteiger partial charge is 0.382 e. The summed E-state index contributed by atoms with van der Waals surface area (Å²) in [5.41, 5.74) is 7.19. The fraction of sp³-hybridized carbons (Fsp3) is 0.188. The van der Waals surface area contributed by atoms with E-state index < -0.39 is 5.91 Å². The van der Waals surface area contributed by atoms with E-state index in [2.05, 4.69) is 5.32 Å². The van der Waals surface area contributed by atoms with E-state index in [1.807, 2.05) is 13.0 Å². The monoisotopic (exact) mass is 306 g/mol. The molecule has 110 valence electrons. The van der Waals surface area contributed by atoms with Gasteiger partial charge in [-0.15, -0.1) is 0 Å². The molecule has 0 bridgehead atoms. The van der Waals surface area contributed by atoms with Gasteiger partial charge in [-0.2, -0.15) is 0 Å². The van der Waals surface area contributed by atoms with Crippen LogP contribution < -0.4 is 11.1 Å². The Hall–Kier alpha value is -2.07. The number of halogens is 2. The number of hydrogen-bond acceptors (Lipinski definition) is 2. The van der Waals surface area contributed by atoms with Crippen LogP contribution in [0.4, 0.5) is 10.1 Å². The molecule has 2 rings (SSSR count). The summed E-state index contributed by atoms with van der Waals surface area (Å²) in [7, 11) is 0. The summed E-state index contributed by atoms with van der Waals surface area (Å²) in [6.45, 7) is 1.98. The molecule has 0 heterocycles. The van der Waals surface area contributed by atoms with Crippen molar-refractivity contribution in [3.05, 3.63) is 64.4 Å². The summed E-state index contributed by atoms with van der Waals surface area (Å²) < 4.78 is 13.1. The zero-order valence-electron chi connectivity index (χ0n) is 11.6. The molecule has 21 heavy (non-hydrogen) atoms. The van der Waals surface area contributed by atoms with Gasteiger partial charge in [-0.05, 0) is 49.2 Å². The third kappa shape index (κ3) is 4.20. The van der Waals surface area contributed by atoms with E-state index in [1.54, 1.807) is 24.3 Å². The third-order valence-corrected chi connectivity index (χ3v) is 3.41. The number of rotatable bonds is 5. The standard InChI is InChI=1S/C16H16ClFN2O/c1-10(7-11-3-2-4-12(18)8-11)20-13-5-6-15(17)14(9-13)16(19)21/h2-6,8-10,20H,7H2,1H3,(H2,19,21). The average molecular weight is 307 g/mol. The highest BCUT2D eigenvalue weighted by Gasteiger charge is 2.09. The molecule has 0 spiro atoms. The second kappa shape index (κ2) is 6.59. The lowest BCUT2D eigenvalue weighted by Gasteiger charge is -2.16. The van der Waals surface area contributed by atoms with Crippen molar-refractivity contribution in [2.75, 3.05) is 5.32 Å². The van der Waals surface area contributed by atoms with Crippen LogP contribution in [0.15, 0.2) is 42.5 Å². The van der Waals surface area contributed by atoms with Crippen molar-refractivity contribution in [3.8, 4) is 0 Å². The maximum atomic E-state index is 13.1. The Labute approximate surface area is 127 Å². The molecular formula is C16H16ClFN2O. The summed E-state index contributed by atoms with van der Waals surface area (Å²) in [4.78, 5) is 11.3. The van der Waals surface area contributed by atoms with Crippen LogP contribution in [-0.2, 0) is 6.42 Å². The molecule has 0 aromatic heterocycles. The Kier molecular flexibility index (Phi) is 4.81. The first-order valence-electron chi connectivity index (χ1n) is 6.56. The molecule has 0 saturated heterocycles. The number of anilines is 1. The van der Waals surface area contributed by atoms with Crippen molar-refractivity contribution < 1.29 is 9.18 Å². The number of nitrogens with two attached hydrogens (primary N) is 1. The van der Waals surface area contributed by atoms with E-state index in [1.165, 1.54) is 12.1 Å². The lowest BCUT2D eigenvalue weighted by atomic mass is 10.1. The molecule has 1 amide bonds. The van der Waals surface area contributed by atoms with Crippen molar-refractivity contribution in [2.24, 2.45) is 5.73 Å². The first kappa shape index (κ1) is 15.3. The average Bonchev–Trinajstić information content (AvgIpc) is 2.40. The Balaban J connectivity index is 2.07. The van der Waals surface area contributed by atoms with E-state index >= 15 is 0 Å². The molecular weight excluding hydrogens is 291 g/mol. The number of nitrogens with one attached hydrogen (secondary N) is 1. The van der Waals surface area contributed by atoms with Crippen LogP contribution >= 0.6 is 11.6 Å². The molecule has 0 fully saturated rings. The van der Waals surface area contributed by atoms with Crippen molar-refractivity contribution >= 4 is 23.2 Å². The Morgan fingerprint density at radius 1 is 1.33 bits per heavy atom. The number of carbonyl (C=O) groups excluding carboxylic acids is 1. The SMILES string of the molecule is CC(Cc1cccc(F)c1)Nc1ccc(Cl)c(C(N)=O)c1. The summed E-state index contributed by atoms with van der Waals surface area (Å²) in [6, 6.07) is 11.6. The quantitative estimate of drug-likeness (QED) is 0.886. The van der Waals surface area contributed by atoms with E-state index in [0.29, 0.717) is 11.4 Å². The summed E-state index contributed by atoms with van der Waals surface area (Å²) >= 11 is 5.90. The maximum Gasteiger partial charge on any atom is 0.250 e. The highest BCUT2D eigenvalue weighted by Crippen LogP contribution is 2.21. The smallest absolute Gasteiger partial charge is 0.250 e. The van der Waals surface area contributed by atoms with E-state index in [9.17, 15) is 9.18 Å². The van der Waals surface area contributed by atoms with Crippen LogP contribution in [0.1, 0.15) is 22.8 Å². The van der Waals surface area contributed by atoms with Crippen molar-refractivity contribution in [2.45, 2.75) is 19.4 Å².